The van der Waals surface area contributed by atoms with Crippen molar-refractivity contribution in [3.05, 3.63) is 10.6 Å². The third kappa shape index (κ3) is 5.91. The number of piperazine rings is 1. The molecule has 3 aliphatic rings. The van der Waals surface area contributed by atoms with Gasteiger partial charge in [0.2, 0.25) is 5.91 Å². The van der Waals surface area contributed by atoms with Crippen LogP contribution in [0.2, 0.25) is 0 Å². The number of halogens is 1. The first-order valence-electron chi connectivity index (χ1n) is 10.3. The molecule has 2 heterocycles. The summed E-state index contributed by atoms with van der Waals surface area (Å²) in [5, 5.41) is 5.08. The van der Waals surface area contributed by atoms with Gasteiger partial charge in [-0.2, -0.15) is 0 Å². The maximum Gasteiger partial charge on any atom is 1.00 e. The molecule has 2 N–H and O–H groups in total. The predicted octanol–water partition coefficient (Wildman–Crippen LogP) is -4.39. The van der Waals surface area contributed by atoms with Crippen molar-refractivity contribution < 1.29 is 66.5 Å². The van der Waals surface area contributed by atoms with Gasteiger partial charge in [-0.1, -0.05) is 11.6 Å². The summed E-state index contributed by atoms with van der Waals surface area (Å²) in [6.45, 7) is 1.54. The first-order valence-corrected chi connectivity index (χ1v) is 12.1. The number of β-lactam (4-membered cyclic amide) rings is 1. The molecule has 0 saturated carbocycles. The number of likely N-dealkylation sites (N-methyl/N-ethyl adjacent to an activating group) is 1. The van der Waals surface area contributed by atoms with Crippen LogP contribution >= 0.6 is 11.6 Å². The van der Waals surface area contributed by atoms with Gasteiger partial charge in [-0.15, -0.1) is 0 Å². The Kier molecular flexibility index (Phi) is 9.52. The summed E-state index contributed by atoms with van der Waals surface area (Å²) in [6, 6.07) is -3.60. The number of rotatable bonds is 6. The van der Waals surface area contributed by atoms with Crippen molar-refractivity contribution in [1.29, 1.82) is 0 Å². The van der Waals surface area contributed by atoms with E-state index in [1.807, 2.05) is 0 Å². The van der Waals surface area contributed by atoms with E-state index in [0.717, 1.165) is 6.42 Å². The Balaban J connectivity index is 0.00000408. The summed E-state index contributed by atoms with van der Waals surface area (Å²) in [5.41, 5.74) is 0.389. The van der Waals surface area contributed by atoms with Crippen LogP contribution in [0.1, 0.15) is 32.6 Å². The zero-order valence-corrected chi connectivity index (χ0v) is 22.3. The van der Waals surface area contributed by atoms with Crippen molar-refractivity contribution in [3.63, 3.8) is 0 Å². The molecule has 0 aromatic carbocycles. The Morgan fingerprint density at radius 3 is 2.35 bits per heavy atom. The van der Waals surface area contributed by atoms with E-state index in [4.69, 9.17) is 11.6 Å². The number of imide groups is 1. The molecule has 34 heavy (non-hydrogen) atoms. The summed E-state index contributed by atoms with van der Waals surface area (Å²) < 4.78 is 33.0. The molecule has 3 rings (SSSR count). The van der Waals surface area contributed by atoms with Crippen molar-refractivity contribution >= 4 is 51.6 Å². The van der Waals surface area contributed by atoms with Crippen LogP contribution < -0.4 is 40.2 Å². The molecule has 0 aromatic rings. The SMILES string of the molecule is CCN1CCN(C(=O)NC(C(=O)NC2CN(S(=O)(=O)[O-])C2=O)C2=C(Cl)CCCC2)C(=O)C1=O.[Na+]. The third-order valence-electron chi connectivity index (χ3n) is 5.73. The molecule has 182 valence electrons. The number of nitrogens with zero attached hydrogens (tertiary/aromatic N) is 3. The maximum atomic E-state index is 13.0. The molecule has 2 atom stereocenters. The second kappa shape index (κ2) is 11.4. The molecule has 16 heteroatoms. The predicted molar refractivity (Wildman–Crippen MR) is 111 cm³/mol. The number of carbonyl (C=O) groups excluding carboxylic acids is 5. The van der Waals surface area contributed by atoms with E-state index >= 15 is 0 Å². The minimum absolute atomic E-state index is 0. The van der Waals surface area contributed by atoms with Crippen molar-refractivity contribution in [1.82, 2.24) is 24.7 Å². The van der Waals surface area contributed by atoms with Crippen LogP contribution in [0.4, 0.5) is 4.79 Å². The maximum absolute atomic E-state index is 13.0. The Labute approximate surface area is 223 Å². The van der Waals surface area contributed by atoms with E-state index in [0.29, 0.717) is 41.3 Å². The molecule has 0 aromatic heterocycles. The van der Waals surface area contributed by atoms with E-state index in [9.17, 15) is 36.9 Å². The van der Waals surface area contributed by atoms with Gasteiger partial charge in [0.1, 0.15) is 12.1 Å². The second-order valence-corrected chi connectivity index (χ2v) is 9.50. The normalized spacial score (nSPS) is 22.1. The topological polar surface area (TPSA) is 176 Å². The molecule has 2 fully saturated rings. The standard InChI is InChI=1S/C18H24ClN5O8S.Na/c1-2-22-7-8-23(17(28)16(22)27)18(29)21-13(10-5-3-4-6-11(10)19)14(25)20-12-9-24(15(12)26)33(30,31)32;/h12-13H,2-9H2,1H3,(H,20,25)(H,21,29)(H,30,31,32);/q;+1/p-1. The van der Waals surface area contributed by atoms with E-state index in [1.165, 1.54) is 4.90 Å². The van der Waals surface area contributed by atoms with Crippen LogP contribution in [-0.2, 0) is 29.5 Å². The summed E-state index contributed by atoms with van der Waals surface area (Å²) in [5.74, 6) is -3.82. The molecule has 0 spiro atoms. The van der Waals surface area contributed by atoms with Gasteiger partial charge in [0, 0.05) is 24.7 Å². The molecular formula is C18H23ClN5NaO8S. The zero-order valence-electron chi connectivity index (χ0n) is 18.7. The molecule has 6 amide bonds. The number of amides is 6. The number of urea groups is 1. The van der Waals surface area contributed by atoms with Gasteiger partial charge in [0.25, 0.3) is 5.91 Å². The van der Waals surface area contributed by atoms with E-state index in [1.54, 1.807) is 6.92 Å². The molecule has 13 nitrogen and oxygen atoms in total. The quantitative estimate of drug-likeness (QED) is 0.150. The van der Waals surface area contributed by atoms with Gasteiger partial charge < -0.3 is 20.1 Å². The fourth-order valence-corrected chi connectivity index (χ4v) is 4.85. The van der Waals surface area contributed by atoms with Crippen LogP contribution in [0.25, 0.3) is 0 Å². The molecule has 0 bridgehead atoms. The fraction of sp³-hybridized carbons (Fsp3) is 0.611. The number of allylic oxidation sites excluding steroid dienone is 1. The van der Waals surface area contributed by atoms with E-state index < -0.39 is 58.6 Å². The summed E-state index contributed by atoms with van der Waals surface area (Å²) in [6.07, 6.45) is 2.29. The number of carbonyl (C=O) groups is 5. The Bertz CT molecular complexity index is 1040. The smallest absolute Gasteiger partial charge is 0.731 e. The molecule has 2 aliphatic heterocycles. The second-order valence-electron chi connectivity index (χ2n) is 7.75. The minimum atomic E-state index is -4.98. The van der Waals surface area contributed by atoms with Gasteiger partial charge in [-0.3, -0.25) is 24.1 Å². The first kappa shape index (κ1) is 28.5. The zero-order chi connectivity index (χ0) is 24.5. The summed E-state index contributed by atoms with van der Waals surface area (Å²) in [7, 11) is -4.98. The van der Waals surface area contributed by atoms with E-state index in [-0.39, 0.29) is 47.0 Å². The molecule has 0 radical (unpaired) electrons. The Morgan fingerprint density at radius 2 is 1.79 bits per heavy atom. The summed E-state index contributed by atoms with van der Waals surface area (Å²) in [4.78, 5) is 64.1. The molecule has 1 aliphatic carbocycles. The fourth-order valence-electron chi connectivity index (χ4n) is 3.83. The van der Waals surface area contributed by atoms with Gasteiger partial charge >= 0.3 is 47.4 Å². The molecular weight excluding hydrogens is 505 g/mol. The summed E-state index contributed by atoms with van der Waals surface area (Å²) >= 11 is 6.29. The molecule has 2 saturated heterocycles. The van der Waals surface area contributed by atoms with Gasteiger partial charge in [0.05, 0.1) is 6.54 Å². The average molecular weight is 528 g/mol. The first-order chi connectivity index (χ1) is 15.5. The van der Waals surface area contributed by atoms with E-state index in [2.05, 4.69) is 10.6 Å². The van der Waals surface area contributed by atoms with Crippen molar-refractivity contribution in [2.24, 2.45) is 0 Å². The van der Waals surface area contributed by atoms with Crippen LogP contribution in [0, 0.1) is 0 Å². The van der Waals surface area contributed by atoms with Crippen molar-refractivity contribution in [2.75, 3.05) is 26.2 Å². The van der Waals surface area contributed by atoms with Crippen molar-refractivity contribution in [3.8, 4) is 0 Å². The average Bonchev–Trinajstić information content (AvgIpc) is 2.75. The Morgan fingerprint density at radius 1 is 1.15 bits per heavy atom. The van der Waals surface area contributed by atoms with Crippen molar-refractivity contribution in [2.45, 2.75) is 44.7 Å². The van der Waals surface area contributed by atoms with Gasteiger partial charge in [0.15, 0.2) is 10.3 Å². The van der Waals surface area contributed by atoms with Crippen LogP contribution in [-0.4, -0.2) is 95.0 Å². The third-order valence-corrected chi connectivity index (χ3v) is 7.03. The number of hydrogen-bond donors (Lipinski definition) is 2. The van der Waals surface area contributed by atoms with Gasteiger partial charge in [-0.05, 0) is 38.2 Å². The monoisotopic (exact) mass is 527 g/mol. The van der Waals surface area contributed by atoms with Crippen LogP contribution in [0.3, 0.4) is 0 Å². The van der Waals surface area contributed by atoms with Gasteiger partial charge in [-0.25, -0.2) is 17.5 Å². The number of hydrogen-bond acceptors (Lipinski definition) is 8. The Hall–Kier alpha value is -1.71. The molecule has 2 unspecified atom stereocenters. The van der Waals surface area contributed by atoms with Crippen LogP contribution in [0.15, 0.2) is 10.6 Å². The largest absolute Gasteiger partial charge is 1.00 e. The van der Waals surface area contributed by atoms with Crippen LogP contribution in [0.5, 0.6) is 0 Å². The minimum Gasteiger partial charge on any atom is -0.731 e. The number of nitrogens with one attached hydrogen (secondary N) is 2.